The monoisotopic (exact) mass is 425 g/mol. The summed E-state index contributed by atoms with van der Waals surface area (Å²) in [5.41, 5.74) is 5.70. The van der Waals surface area contributed by atoms with Gasteiger partial charge in [0.1, 0.15) is 0 Å². The average molecular weight is 425 g/mol. The smallest absolute Gasteiger partial charge is 0.338 e. The summed E-state index contributed by atoms with van der Waals surface area (Å²) in [7, 11) is 0. The molecule has 4 aromatic rings. The Kier molecular flexibility index (Phi) is 6.10. The molecule has 0 radical (unpaired) electrons. The van der Waals surface area contributed by atoms with E-state index in [1.807, 2.05) is 42.5 Å². The van der Waals surface area contributed by atoms with Crippen molar-refractivity contribution >= 4 is 17.3 Å². The average Bonchev–Trinajstić information content (AvgIpc) is 3.26. The van der Waals surface area contributed by atoms with Crippen molar-refractivity contribution in [1.82, 2.24) is 14.6 Å². The highest BCUT2D eigenvalue weighted by molar-refractivity contribution is 5.90. The first-order valence-corrected chi connectivity index (χ1v) is 10.2. The minimum absolute atomic E-state index is 0.330. The summed E-state index contributed by atoms with van der Waals surface area (Å²) in [6.07, 6.45) is 8.74. The molecule has 0 saturated heterocycles. The minimum Gasteiger partial charge on any atom is -0.462 e. The number of nitrogens with two attached hydrogens (primary N) is 1. The number of hydrogen-bond donors (Lipinski definition) is 1. The Hall–Kier alpha value is -4.23. The first kappa shape index (κ1) is 21.0. The fraction of sp³-hybridized carbons (Fsp3) is 0.0800. The number of hydrogen-bond acceptors (Lipinski definition) is 6. The van der Waals surface area contributed by atoms with Crippen molar-refractivity contribution in [3.63, 3.8) is 0 Å². The molecule has 0 aliphatic rings. The van der Waals surface area contributed by atoms with Crippen LogP contribution in [-0.4, -0.2) is 27.2 Å². The molecule has 2 heterocycles. The Morgan fingerprint density at radius 2 is 1.94 bits per heavy atom. The van der Waals surface area contributed by atoms with Crippen molar-refractivity contribution in [3.05, 3.63) is 97.5 Å². The van der Waals surface area contributed by atoms with E-state index >= 15 is 0 Å². The van der Waals surface area contributed by atoms with Gasteiger partial charge in [0, 0.05) is 17.3 Å². The lowest BCUT2D eigenvalue weighted by molar-refractivity contribution is 0.0526. The standard InChI is InChI=1S/C25H23N5O2/c1-3-5-13-29(26)22-8-6-7-20(14-22)23-17-27-24-15-21(16-28-30(23)24)18-9-11-19(12-10-18)25(31)32-4-2/h3,5-17H,1,4,26H2,2H3/b13-5-. The fourth-order valence-electron chi connectivity index (χ4n) is 3.31. The molecule has 0 unspecified atom stereocenters. The third kappa shape index (κ3) is 4.28. The van der Waals surface area contributed by atoms with Gasteiger partial charge in [0.15, 0.2) is 5.65 Å². The fourth-order valence-corrected chi connectivity index (χ4v) is 3.31. The predicted molar refractivity (Wildman–Crippen MR) is 126 cm³/mol. The minimum atomic E-state index is -0.330. The molecule has 7 heteroatoms. The maximum absolute atomic E-state index is 11.9. The number of anilines is 1. The van der Waals surface area contributed by atoms with Gasteiger partial charge in [-0.3, -0.25) is 5.01 Å². The van der Waals surface area contributed by atoms with Gasteiger partial charge in [-0.05, 0) is 48.9 Å². The summed E-state index contributed by atoms with van der Waals surface area (Å²) in [5, 5.41) is 6.12. The van der Waals surface area contributed by atoms with Crippen LogP contribution in [0.25, 0.3) is 28.0 Å². The lowest BCUT2D eigenvalue weighted by Gasteiger charge is -2.14. The summed E-state index contributed by atoms with van der Waals surface area (Å²) in [6, 6.07) is 17.0. The van der Waals surface area contributed by atoms with Crippen LogP contribution in [-0.2, 0) is 4.74 Å². The zero-order valence-electron chi connectivity index (χ0n) is 17.7. The highest BCUT2D eigenvalue weighted by Crippen LogP contribution is 2.26. The van der Waals surface area contributed by atoms with Crippen molar-refractivity contribution in [3.8, 4) is 22.4 Å². The normalized spacial score (nSPS) is 11.1. The Labute approximate surface area is 186 Å². The van der Waals surface area contributed by atoms with Gasteiger partial charge in [0.05, 0.1) is 35.9 Å². The summed E-state index contributed by atoms with van der Waals surface area (Å²) < 4.78 is 6.82. The maximum atomic E-state index is 11.9. The number of benzene rings is 2. The Morgan fingerprint density at radius 3 is 2.69 bits per heavy atom. The Morgan fingerprint density at radius 1 is 1.12 bits per heavy atom. The van der Waals surface area contributed by atoms with Gasteiger partial charge in [0.2, 0.25) is 0 Å². The molecule has 32 heavy (non-hydrogen) atoms. The number of allylic oxidation sites excluding steroid dienone is 2. The third-order valence-corrected chi connectivity index (χ3v) is 4.91. The number of rotatable bonds is 7. The first-order valence-electron chi connectivity index (χ1n) is 10.2. The number of carbonyl (C=O) groups is 1. The molecule has 2 aromatic carbocycles. The summed E-state index contributed by atoms with van der Waals surface area (Å²) in [5.74, 6) is 5.75. The van der Waals surface area contributed by atoms with Gasteiger partial charge in [-0.15, -0.1) is 0 Å². The lowest BCUT2D eigenvalue weighted by Crippen LogP contribution is -2.23. The van der Waals surface area contributed by atoms with Crippen LogP contribution in [0.1, 0.15) is 17.3 Å². The number of aromatic nitrogens is 3. The van der Waals surface area contributed by atoms with Crippen LogP contribution in [0.4, 0.5) is 5.69 Å². The molecule has 0 spiro atoms. The van der Waals surface area contributed by atoms with Gasteiger partial charge in [-0.2, -0.15) is 5.10 Å². The highest BCUT2D eigenvalue weighted by atomic mass is 16.5. The molecule has 0 aliphatic heterocycles. The summed E-state index contributed by atoms with van der Waals surface area (Å²) >= 11 is 0. The zero-order chi connectivity index (χ0) is 22.5. The molecular formula is C25H23N5O2. The molecule has 0 aliphatic carbocycles. The van der Waals surface area contributed by atoms with Crippen molar-refractivity contribution in [2.75, 3.05) is 11.6 Å². The molecule has 0 amide bonds. The maximum Gasteiger partial charge on any atom is 0.338 e. The van der Waals surface area contributed by atoms with Crippen LogP contribution < -0.4 is 10.9 Å². The van der Waals surface area contributed by atoms with Crippen LogP contribution >= 0.6 is 0 Å². The molecule has 4 rings (SSSR count). The van der Waals surface area contributed by atoms with E-state index in [0.717, 1.165) is 28.1 Å². The molecule has 2 N–H and O–H groups in total. The van der Waals surface area contributed by atoms with Gasteiger partial charge in [0.25, 0.3) is 0 Å². The van der Waals surface area contributed by atoms with Gasteiger partial charge in [-0.1, -0.05) is 36.9 Å². The van der Waals surface area contributed by atoms with Crippen molar-refractivity contribution in [2.24, 2.45) is 5.84 Å². The number of ether oxygens (including phenoxy) is 1. The highest BCUT2D eigenvalue weighted by Gasteiger charge is 2.11. The van der Waals surface area contributed by atoms with Crippen LogP contribution in [0.3, 0.4) is 0 Å². The second-order valence-electron chi connectivity index (χ2n) is 6.99. The second kappa shape index (κ2) is 9.28. The molecule has 2 aromatic heterocycles. The number of fused-ring (bicyclic) bond motifs is 1. The molecule has 0 atom stereocenters. The van der Waals surface area contributed by atoms with E-state index in [1.165, 1.54) is 5.01 Å². The van der Waals surface area contributed by atoms with E-state index in [4.69, 9.17) is 10.6 Å². The lowest BCUT2D eigenvalue weighted by atomic mass is 10.1. The van der Waals surface area contributed by atoms with E-state index in [9.17, 15) is 4.79 Å². The number of esters is 1. The number of carbonyl (C=O) groups excluding carboxylic acids is 1. The zero-order valence-corrected chi connectivity index (χ0v) is 17.7. The number of nitrogens with zero attached hydrogens (tertiary/aromatic N) is 4. The van der Waals surface area contributed by atoms with Crippen LogP contribution in [0.2, 0.25) is 0 Å². The van der Waals surface area contributed by atoms with Crippen LogP contribution in [0.15, 0.2) is 91.9 Å². The quantitative estimate of drug-likeness (QED) is 0.201. The molecular weight excluding hydrogens is 402 g/mol. The van der Waals surface area contributed by atoms with Gasteiger partial charge < -0.3 is 4.74 Å². The molecule has 7 nitrogen and oxygen atoms in total. The van der Waals surface area contributed by atoms with Crippen molar-refractivity contribution in [2.45, 2.75) is 6.92 Å². The molecule has 0 saturated carbocycles. The van der Waals surface area contributed by atoms with E-state index in [0.29, 0.717) is 17.8 Å². The van der Waals surface area contributed by atoms with E-state index in [-0.39, 0.29) is 5.97 Å². The predicted octanol–water partition coefficient (Wildman–Crippen LogP) is 4.62. The van der Waals surface area contributed by atoms with Crippen LogP contribution in [0.5, 0.6) is 0 Å². The molecule has 160 valence electrons. The summed E-state index contributed by atoms with van der Waals surface area (Å²) in [4.78, 5) is 16.4. The Bertz CT molecular complexity index is 1290. The van der Waals surface area contributed by atoms with E-state index in [2.05, 4.69) is 16.7 Å². The SMILES string of the molecule is C=C/C=C\N(N)c1cccc(-c2cnc3cc(-c4ccc(C(=O)OCC)cc4)cnn23)c1. The van der Waals surface area contributed by atoms with Gasteiger partial charge >= 0.3 is 5.97 Å². The summed E-state index contributed by atoms with van der Waals surface area (Å²) in [6.45, 7) is 5.79. The molecule has 0 fully saturated rings. The van der Waals surface area contributed by atoms with E-state index < -0.39 is 0 Å². The third-order valence-electron chi connectivity index (χ3n) is 4.91. The van der Waals surface area contributed by atoms with Crippen molar-refractivity contribution in [1.29, 1.82) is 0 Å². The van der Waals surface area contributed by atoms with Crippen LogP contribution in [0, 0.1) is 0 Å². The number of hydrazine groups is 1. The second-order valence-corrected chi connectivity index (χ2v) is 6.99. The first-order chi connectivity index (χ1) is 15.6. The Balaban J connectivity index is 1.63. The van der Waals surface area contributed by atoms with E-state index in [1.54, 1.807) is 54.3 Å². The molecule has 0 bridgehead atoms. The number of imidazole rings is 1. The largest absolute Gasteiger partial charge is 0.462 e. The topological polar surface area (TPSA) is 85.8 Å². The van der Waals surface area contributed by atoms with Gasteiger partial charge in [-0.25, -0.2) is 20.1 Å². The van der Waals surface area contributed by atoms with Crippen molar-refractivity contribution < 1.29 is 9.53 Å².